The smallest absolute Gasteiger partial charge is 0.172 e. The number of hydrogen-bond donors (Lipinski definition) is 0. The lowest BCUT2D eigenvalue weighted by Crippen LogP contribution is -1.97. The van der Waals surface area contributed by atoms with Crippen LogP contribution in [0.4, 0.5) is 0 Å². The van der Waals surface area contributed by atoms with E-state index < -0.39 is 0 Å². The van der Waals surface area contributed by atoms with Gasteiger partial charge in [-0.15, -0.1) is 22.7 Å². The van der Waals surface area contributed by atoms with Gasteiger partial charge in [-0.2, -0.15) is 0 Å². The van der Waals surface area contributed by atoms with E-state index in [4.69, 9.17) is 0 Å². The van der Waals surface area contributed by atoms with E-state index in [-0.39, 0.29) is 0 Å². The molecular formula is C13H16OS2. The number of rotatable bonds is 5. The van der Waals surface area contributed by atoms with Gasteiger partial charge >= 0.3 is 0 Å². The van der Waals surface area contributed by atoms with Gasteiger partial charge in [0.25, 0.3) is 0 Å². The second kappa shape index (κ2) is 5.11. The largest absolute Gasteiger partial charge is 0.293 e. The highest BCUT2D eigenvalue weighted by Crippen LogP contribution is 2.30. The van der Waals surface area contributed by atoms with Crippen LogP contribution in [-0.2, 0) is 0 Å². The molecule has 0 aliphatic heterocycles. The fourth-order valence-corrected chi connectivity index (χ4v) is 3.77. The highest BCUT2D eigenvalue weighted by Gasteiger charge is 2.10. The van der Waals surface area contributed by atoms with Gasteiger partial charge in [0.1, 0.15) is 0 Å². The molecule has 2 aromatic rings. The van der Waals surface area contributed by atoms with Crippen LogP contribution < -0.4 is 0 Å². The second-order valence-electron chi connectivity index (χ2n) is 4.47. The number of fused-ring (bicyclic) bond motifs is 1. The van der Waals surface area contributed by atoms with Crippen LogP contribution in [0.5, 0.6) is 0 Å². The Hall–Kier alpha value is -0.670. The molecule has 0 spiro atoms. The Labute approximate surface area is 104 Å². The zero-order valence-corrected chi connectivity index (χ0v) is 11.3. The van der Waals surface area contributed by atoms with Crippen molar-refractivity contribution in [2.24, 2.45) is 5.92 Å². The molecule has 0 bridgehead atoms. The standard InChI is InChI=1S/C13H16OS2/c1-9(2)4-3-5-10(14)12-8-13-11(16-12)6-7-15-13/h6-9H,3-5H2,1-2H3. The first-order chi connectivity index (χ1) is 7.66. The summed E-state index contributed by atoms with van der Waals surface area (Å²) in [6.45, 7) is 4.40. The maximum Gasteiger partial charge on any atom is 0.172 e. The highest BCUT2D eigenvalue weighted by atomic mass is 32.1. The van der Waals surface area contributed by atoms with Crippen molar-refractivity contribution in [2.75, 3.05) is 0 Å². The topological polar surface area (TPSA) is 17.1 Å². The lowest BCUT2D eigenvalue weighted by Gasteiger charge is -2.02. The van der Waals surface area contributed by atoms with Crippen molar-refractivity contribution in [3.05, 3.63) is 22.4 Å². The van der Waals surface area contributed by atoms with Gasteiger partial charge in [0.2, 0.25) is 0 Å². The SMILES string of the molecule is CC(C)CCCC(=O)c1cc2sccc2s1. The molecule has 3 heteroatoms. The van der Waals surface area contributed by atoms with Gasteiger partial charge in [-0.1, -0.05) is 20.3 Å². The molecule has 0 N–H and O–H groups in total. The molecule has 0 saturated carbocycles. The molecule has 2 aromatic heterocycles. The molecule has 2 heterocycles. The third-order valence-electron chi connectivity index (χ3n) is 2.60. The van der Waals surface area contributed by atoms with Crippen molar-refractivity contribution in [1.82, 2.24) is 0 Å². The number of carbonyl (C=O) groups excluding carboxylic acids is 1. The average molecular weight is 252 g/mol. The molecule has 1 nitrogen and oxygen atoms in total. The lowest BCUT2D eigenvalue weighted by molar-refractivity contribution is 0.0982. The minimum atomic E-state index is 0.314. The molecule has 0 aromatic carbocycles. The van der Waals surface area contributed by atoms with Crippen LogP contribution in [0.2, 0.25) is 0 Å². The molecule has 0 aliphatic carbocycles. The van der Waals surface area contributed by atoms with Crippen LogP contribution in [0, 0.1) is 5.92 Å². The van der Waals surface area contributed by atoms with E-state index in [0.29, 0.717) is 18.1 Å². The molecule has 0 atom stereocenters. The van der Waals surface area contributed by atoms with E-state index in [2.05, 4.69) is 25.3 Å². The Morgan fingerprint density at radius 1 is 1.38 bits per heavy atom. The van der Waals surface area contributed by atoms with Crippen LogP contribution in [0.3, 0.4) is 0 Å². The molecule has 0 saturated heterocycles. The van der Waals surface area contributed by atoms with E-state index in [1.54, 1.807) is 22.7 Å². The van der Waals surface area contributed by atoms with Crippen LogP contribution in [0.25, 0.3) is 9.40 Å². The van der Waals surface area contributed by atoms with Crippen LogP contribution in [0.1, 0.15) is 42.8 Å². The van der Waals surface area contributed by atoms with Gasteiger partial charge in [-0.3, -0.25) is 4.79 Å². The molecule has 0 amide bonds. The lowest BCUT2D eigenvalue weighted by atomic mass is 10.0. The quantitative estimate of drug-likeness (QED) is 0.686. The predicted octanol–water partition coefficient (Wildman–Crippen LogP) is 4.97. The fourth-order valence-electron chi connectivity index (χ4n) is 1.70. The normalized spacial score (nSPS) is 11.4. The van der Waals surface area contributed by atoms with Gasteiger partial charge in [0.05, 0.1) is 4.88 Å². The molecule has 16 heavy (non-hydrogen) atoms. The van der Waals surface area contributed by atoms with Gasteiger partial charge < -0.3 is 0 Å². The van der Waals surface area contributed by atoms with Crippen molar-refractivity contribution in [3.63, 3.8) is 0 Å². The van der Waals surface area contributed by atoms with Crippen molar-refractivity contribution in [3.8, 4) is 0 Å². The Morgan fingerprint density at radius 3 is 2.88 bits per heavy atom. The third-order valence-corrected chi connectivity index (χ3v) is 4.73. The minimum Gasteiger partial charge on any atom is -0.293 e. The summed E-state index contributed by atoms with van der Waals surface area (Å²) < 4.78 is 2.49. The van der Waals surface area contributed by atoms with Gasteiger partial charge in [0, 0.05) is 15.8 Å². The van der Waals surface area contributed by atoms with Gasteiger partial charge in [-0.25, -0.2) is 0 Å². The van der Waals surface area contributed by atoms with E-state index in [0.717, 1.165) is 17.7 Å². The van der Waals surface area contributed by atoms with E-state index in [1.165, 1.54) is 9.40 Å². The zero-order chi connectivity index (χ0) is 11.5. The molecule has 0 radical (unpaired) electrons. The number of hydrogen-bond acceptors (Lipinski definition) is 3. The van der Waals surface area contributed by atoms with Crippen LogP contribution in [0.15, 0.2) is 17.5 Å². The number of thiophene rings is 2. The zero-order valence-electron chi connectivity index (χ0n) is 9.66. The Kier molecular flexibility index (Phi) is 3.77. The van der Waals surface area contributed by atoms with Crippen LogP contribution in [-0.4, -0.2) is 5.78 Å². The molecule has 86 valence electrons. The van der Waals surface area contributed by atoms with Gasteiger partial charge in [-0.05, 0) is 29.9 Å². The average Bonchev–Trinajstić information content (AvgIpc) is 2.75. The molecular weight excluding hydrogens is 236 g/mol. The fraction of sp³-hybridized carbons (Fsp3) is 0.462. The summed E-state index contributed by atoms with van der Waals surface area (Å²) in [7, 11) is 0. The summed E-state index contributed by atoms with van der Waals surface area (Å²) in [5.74, 6) is 1.01. The van der Waals surface area contributed by atoms with Gasteiger partial charge in [0.15, 0.2) is 5.78 Å². The Balaban J connectivity index is 1.97. The molecule has 0 fully saturated rings. The first kappa shape index (κ1) is 11.8. The Morgan fingerprint density at radius 2 is 2.19 bits per heavy atom. The first-order valence-corrected chi connectivity index (χ1v) is 7.36. The minimum absolute atomic E-state index is 0.314. The highest BCUT2D eigenvalue weighted by molar-refractivity contribution is 7.27. The number of ketones is 1. The predicted molar refractivity (Wildman–Crippen MR) is 72.7 cm³/mol. The summed E-state index contributed by atoms with van der Waals surface area (Å²) in [6.07, 6.45) is 2.86. The molecule has 0 aliphatic rings. The molecule has 0 unspecified atom stereocenters. The van der Waals surface area contributed by atoms with E-state index >= 15 is 0 Å². The summed E-state index contributed by atoms with van der Waals surface area (Å²) in [5, 5.41) is 2.08. The van der Waals surface area contributed by atoms with Crippen molar-refractivity contribution >= 4 is 37.9 Å². The van der Waals surface area contributed by atoms with Crippen molar-refractivity contribution in [1.29, 1.82) is 0 Å². The van der Waals surface area contributed by atoms with E-state index in [1.807, 2.05) is 6.07 Å². The summed E-state index contributed by atoms with van der Waals surface area (Å²) in [5.41, 5.74) is 0. The van der Waals surface area contributed by atoms with Crippen molar-refractivity contribution < 1.29 is 4.79 Å². The summed E-state index contributed by atoms with van der Waals surface area (Å²) in [4.78, 5) is 12.8. The number of Topliss-reactive ketones (excluding diaryl/α,β-unsaturated/α-hetero) is 1. The number of carbonyl (C=O) groups is 1. The van der Waals surface area contributed by atoms with Crippen LogP contribution >= 0.6 is 22.7 Å². The van der Waals surface area contributed by atoms with Crippen molar-refractivity contribution in [2.45, 2.75) is 33.1 Å². The second-order valence-corrected chi connectivity index (χ2v) is 6.50. The maximum absolute atomic E-state index is 11.9. The summed E-state index contributed by atoms with van der Waals surface area (Å²) >= 11 is 3.34. The first-order valence-electron chi connectivity index (χ1n) is 5.67. The third kappa shape index (κ3) is 2.71. The monoisotopic (exact) mass is 252 g/mol. The molecule has 2 rings (SSSR count). The summed E-state index contributed by atoms with van der Waals surface area (Å²) in [6, 6.07) is 4.14. The van der Waals surface area contributed by atoms with E-state index in [9.17, 15) is 4.79 Å². The maximum atomic E-state index is 11.9. The Bertz CT molecular complexity index is 450.